The zero-order valence-electron chi connectivity index (χ0n) is 15.1. The molecule has 0 aliphatic heterocycles. The number of hydrogen-bond donors (Lipinski definition) is 1. The molecular formula is C19H21IN2O4. The number of rotatable bonds is 7. The van der Waals surface area contributed by atoms with Crippen molar-refractivity contribution >= 4 is 34.7 Å². The van der Waals surface area contributed by atoms with Gasteiger partial charge < -0.3 is 14.2 Å². The van der Waals surface area contributed by atoms with E-state index in [4.69, 9.17) is 14.2 Å². The lowest BCUT2D eigenvalue weighted by Crippen LogP contribution is -2.24. The number of benzene rings is 2. The van der Waals surface area contributed by atoms with Crippen LogP contribution in [0, 0.1) is 17.4 Å². The quantitative estimate of drug-likeness (QED) is 0.384. The molecule has 0 bridgehead atoms. The molecule has 0 aromatic heterocycles. The summed E-state index contributed by atoms with van der Waals surface area (Å²) in [6.07, 6.45) is 1.54. The number of hydrazone groups is 1. The topological polar surface area (TPSA) is 69.2 Å². The molecule has 0 fully saturated rings. The van der Waals surface area contributed by atoms with Gasteiger partial charge in [0.1, 0.15) is 5.75 Å². The average molecular weight is 468 g/mol. The maximum atomic E-state index is 11.9. The van der Waals surface area contributed by atoms with Crippen LogP contribution in [-0.2, 0) is 4.79 Å². The fraction of sp³-hybridized carbons (Fsp3) is 0.263. The van der Waals surface area contributed by atoms with Gasteiger partial charge in [0.25, 0.3) is 5.91 Å². The first-order chi connectivity index (χ1) is 12.5. The number of methoxy groups -OCH3 is 2. The Bertz CT molecular complexity index is 821. The van der Waals surface area contributed by atoms with E-state index in [-0.39, 0.29) is 12.5 Å². The minimum absolute atomic E-state index is 0.106. The lowest BCUT2D eigenvalue weighted by molar-refractivity contribution is -0.123. The molecule has 7 heteroatoms. The van der Waals surface area contributed by atoms with E-state index in [1.165, 1.54) is 0 Å². The normalized spacial score (nSPS) is 10.7. The predicted molar refractivity (Wildman–Crippen MR) is 109 cm³/mol. The van der Waals surface area contributed by atoms with Gasteiger partial charge in [-0.05, 0) is 71.3 Å². The highest BCUT2D eigenvalue weighted by Gasteiger charge is 2.10. The fourth-order valence-electron chi connectivity index (χ4n) is 2.25. The molecule has 0 heterocycles. The summed E-state index contributed by atoms with van der Waals surface area (Å²) in [4.78, 5) is 11.9. The van der Waals surface area contributed by atoms with E-state index >= 15 is 0 Å². The van der Waals surface area contributed by atoms with Crippen LogP contribution in [0.25, 0.3) is 0 Å². The molecule has 1 amide bonds. The third-order valence-corrected chi connectivity index (χ3v) is 4.57. The van der Waals surface area contributed by atoms with Gasteiger partial charge in [-0.15, -0.1) is 0 Å². The third kappa shape index (κ3) is 5.10. The predicted octanol–water partition coefficient (Wildman–Crippen LogP) is 3.45. The highest BCUT2D eigenvalue weighted by Crippen LogP contribution is 2.33. The Hall–Kier alpha value is -2.29. The molecule has 0 radical (unpaired) electrons. The summed E-state index contributed by atoms with van der Waals surface area (Å²) in [5.74, 6) is 1.62. The Labute approximate surface area is 166 Å². The molecule has 26 heavy (non-hydrogen) atoms. The summed E-state index contributed by atoms with van der Waals surface area (Å²) in [6.45, 7) is 3.85. The number of ether oxygens (including phenoxy) is 3. The second kappa shape index (κ2) is 9.42. The number of nitrogens with zero attached hydrogens (tertiary/aromatic N) is 1. The van der Waals surface area contributed by atoms with Gasteiger partial charge in [0.05, 0.1) is 24.0 Å². The highest BCUT2D eigenvalue weighted by atomic mass is 127. The number of carbonyl (C=O) groups is 1. The van der Waals surface area contributed by atoms with Crippen LogP contribution in [-0.4, -0.2) is 32.9 Å². The lowest BCUT2D eigenvalue weighted by atomic mass is 10.1. The Morgan fingerprint density at radius 2 is 1.96 bits per heavy atom. The lowest BCUT2D eigenvalue weighted by Gasteiger charge is -2.10. The van der Waals surface area contributed by atoms with Crippen LogP contribution in [0.3, 0.4) is 0 Å². The molecule has 0 saturated carbocycles. The van der Waals surface area contributed by atoms with Crippen molar-refractivity contribution in [3.63, 3.8) is 0 Å². The molecule has 1 N–H and O–H groups in total. The van der Waals surface area contributed by atoms with Gasteiger partial charge in [0.2, 0.25) is 0 Å². The number of aryl methyl sites for hydroxylation is 1. The highest BCUT2D eigenvalue weighted by molar-refractivity contribution is 14.1. The molecule has 2 aromatic rings. The summed E-state index contributed by atoms with van der Waals surface area (Å²) in [5.41, 5.74) is 5.36. The fourth-order valence-corrected chi connectivity index (χ4v) is 3.09. The SMILES string of the molecule is COc1cc(/C=N\NC(=O)COc2cccc(C)c2C)cc(I)c1OC. The van der Waals surface area contributed by atoms with Gasteiger partial charge in [-0.25, -0.2) is 5.43 Å². The molecule has 138 valence electrons. The maximum absolute atomic E-state index is 11.9. The summed E-state index contributed by atoms with van der Waals surface area (Å²) in [5, 5.41) is 3.96. The average Bonchev–Trinajstić information content (AvgIpc) is 2.62. The van der Waals surface area contributed by atoms with Gasteiger partial charge in [0.15, 0.2) is 18.1 Å². The molecule has 0 aliphatic rings. The first kappa shape index (κ1) is 20.0. The second-order valence-electron chi connectivity index (χ2n) is 5.52. The maximum Gasteiger partial charge on any atom is 0.277 e. The van der Waals surface area contributed by atoms with Crippen LogP contribution in [0.4, 0.5) is 0 Å². The summed E-state index contributed by atoms with van der Waals surface area (Å²) in [6, 6.07) is 9.39. The van der Waals surface area contributed by atoms with E-state index in [9.17, 15) is 4.79 Å². The molecule has 0 spiro atoms. The summed E-state index contributed by atoms with van der Waals surface area (Å²) >= 11 is 2.15. The Balaban J connectivity index is 1.94. The van der Waals surface area contributed by atoms with Crippen LogP contribution >= 0.6 is 22.6 Å². The van der Waals surface area contributed by atoms with Crippen LogP contribution in [0.1, 0.15) is 16.7 Å². The van der Waals surface area contributed by atoms with Crippen LogP contribution in [0.5, 0.6) is 17.2 Å². The van der Waals surface area contributed by atoms with Gasteiger partial charge in [0, 0.05) is 0 Å². The smallest absolute Gasteiger partial charge is 0.277 e. The summed E-state index contributed by atoms with van der Waals surface area (Å²) < 4.78 is 17.0. The standard InChI is InChI=1S/C19H21IN2O4/c1-12-6-5-7-16(13(12)2)26-11-18(23)22-21-10-14-8-15(20)19(25-4)17(9-14)24-3/h5-10H,11H2,1-4H3,(H,22,23)/b21-10-. The minimum atomic E-state index is -0.336. The molecule has 6 nitrogen and oxygen atoms in total. The molecule has 0 unspecified atom stereocenters. The number of nitrogens with one attached hydrogen (secondary N) is 1. The number of carbonyl (C=O) groups excluding carboxylic acids is 1. The van der Waals surface area contributed by atoms with Crippen molar-refractivity contribution in [2.45, 2.75) is 13.8 Å². The van der Waals surface area contributed by atoms with Gasteiger partial charge >= 0.3 is 0 Å². The van der Waals surface area contributed by atoms with E-state index in [2.05, 4.69) is 33.1 Å². The van der Waals surface area contributed by atoms with Gasteiger partial charge in [-0.1, -0.05) is 12.1 Å². The molecular weight excluding hydrogens is 447 g/mol. The number of amides is 1. The van der Waals surface area contributed by atoms with E-state index in [1.54, 1.807) is 26.5 Å². The Morgan fingerprint density at radius 3 is 2.65 bits per heavy atom. The third-order valence-electron chi connectivity index (χ3n) is 3.77. The van der Waals surface area contributed by atoms with Crippen molar-refractivity contribution in [1.82, 2.24) is 5.43 Å². The second-order valence-corrected chi connectivity index (χ2v) is 6.68. The number of hydrogen-bond acceptors (Lipinski definition) is 5. The van der Waals surface area contributed by atoms with Crippen molar-refractivity contribution in [2.75, 3.05) is 20.8 Å². The molecule has 2 aromatic carbocycles. The van der Waals surface area contributed by atoms with Crippen LogP contribution in [0.15, 0.2) is 35.4 Å². The van der Waals surface area contributed by atoms with Crippen LogP contribution in [0.2, 0.25) is 0 Å². The Morgan fingerprint density at radius 1 is 1.19 bits per heavy atom. The van der Waals surface area contributed by atoms with Crippen molar-refractivity contribution in [3.05, 3.63) is 50.6 Å². The van der Waals surface area contributed by atoms with Crippen molar-refractivity contribution in [2.24, 2.45) is 5.10 Å². The first-order valence-electron chi connectivity index (χ1n) is 7.88. The minimum Gasteiger partial charge on any atom is -0.493 e. The number of halogens is 1. The van der Waals surface area contributed by atoms with E-state index in [1.807, 2.05) is 38.1 Å². The summed E-state index contributed by atoms with van der Waals surface area (Å²) in [7, 11) is 3.16. The van der Waals surface area contributed by atoms with Crippen molar-refractivity contribution < 1.29 is 19.0 Å². The van der Waals surface area contributed by atoms with E-state index in [0.29, 0.717) is 17.2 Å². The van der Waals surface area contributed by atoms with Gasteiger partial charge in [-0.3, -0.25) is 4.79 Å². The first-order valence-corrected chi connectivity index (χ1v) is 8.96. The van der Waals surface area contributed by atoms with Crippen molar-refractivity contribution in [1.29, 1.82) is 0 Å². The van der Waals surface area contributed by atoms with Crippen molar-refractivity contribution in [3.8, 4) is 17.2 Å². The molecule has 0 atom stereocenters. The molecule has 0 aliphatic carbocycles. The molecule has 0 saturated heterocycles. The van der Waals surface area contributed by atoms with Gasteiger partial charge in [-0.2, -0.15) is 5.10 Å². The zero-order valence-corrected chi connectivity index (χ0v) is 17.3. The van der Waals surface area contributed by atoms with Crippen LogP contribution < -0.4 is 19.6 Å². The van der Waals surface area contributed by atoms with E-state index < -0.39 is 0 Å². The largest absolute Gasteiger partial charge is 0.493 e. The van der Waals surface area contributed by atoms with E-state index in [0.717, 1.165) is 20.3 Å². The monoisotopic (exact) mass is 468 g/mol. The molecule has 2 rings (SSSR count). The zero-order chi connectivity index (χ0) is 19.1. The Kier molecular flexibility index (Phi) is 7.26.